The van der Waals surface area contributed by atoms with Crippen LogP contribution in [0.5, 0.6) is 5.75 Å². The summed E-state index contributed by atoms with van der Waals surface area (Å²) in [5.41, 5.74) is 2.68. The first-order valence-electron chi connectivity index (χ1n) is 16.6. The van der Waals surface area contributed by atoms with E-state index in [1.54, 1.807) is 18.0 Å². The molecule has 0 saturated heterocycles. The Morgan fingerprint density at radius 2 is 1.65 bits per heavy atom. The Morgan fingerprint density at radius 3 is 2.22 bits per heavy atom. The van der Waals surface area contributed by atoms with Gasteiger partial charge in [-0.25, -0.2) is 9.78 Å². The van der Waals surface area contributed by atoms with Crippen LogP contribution < -0.4 is 25.7 Å². The molecule has 49 heavy (non-hydrogen) atoms. The van der Waals surface area contributed by atoms with Crippen LogP contribution in [0.1, 0.15) is 58.1 Å². The molecule has 3 aromatic carbocycles. The summed E-state index contributed by atoms with van der Waals surface area (Å²) in [4.78, 5) is 20.7. The normalized spacial score (nSPS) is 12.5. The van der Waals surface area contributed by atoms with E-state index in [-0.39, 0.29) is 23.6 Å². The van der Waals surface area contributed by atoms with Crippen LogP contribution in [0.2, 0.25) is 5.04 Å². The Bertz CT molecular complexity index is 1810. The third-order valence-corrected chi connectivity index (χ3v) is 13.8. The van der Waals surface area contributed by atoms with Crippen LogP contribution in [0.25, 0.3) is 11.0 Å². The number of nitrogens with zero attached hydrogens (tertiary/aromatic N) is 4. The number of methoxy groups -OCH3 is 1. The summed E-state index contributed by atoms with van der Waals surface area (Å²) in [6.45, 7) is 9.65. The second-order valence-electron chi connectivity index (χ2n) is 13.1. The number of fused-ring (bicyclic) bond motifs is 1. The minimum Gasteiger partial charge on any atom is -0.496 e. The van der Waals surface area contributed by atoms with Crippen LogP contribution in [0.4, 0.5) is 16.6 Å². The molecule has 5 rings (SSSR count). The van der Waals surface area contributed by atoms with Gasteiger partial charge in [-0.2, -0.15) is 10.1 Å². The van der Waals surface area contributed by atoms with Gasteiger partial charge in [0.2, 0.25) is 5.95 Å². The molecular weight excluding hydrogens is 637 g/mol. The second-order valence-corrected chi connectivity index (χ2v) is 17.4. The number of ether oxygens (including phenoxy) is 1. The molecule has 0 aliphatic rings. The summed E-state index contributed by atoms with van der Waals surface area (Å²) in [5.74, 6) is 1.08. The Labute approximate surface area is 288 Å². The SMILES string of the molecule is CCC[C@@H](CCO[Si](c1ccccc1)(c1ccccc1)C(C)(C)C)Nc1nc(NC(=O)O)nc2cnn(Cc3cc(CO)ccc3OC)c12. The number of nitrogens with one attached hydrogen (secondary N) is 2. The maximum absolute atomic E-state index is 11.6. The molecule has 4 N–H and O–H groups in total. The molecule has 0 bridgehead atoms. The van der Waals surface area contributed by atoms with E-state index in [0.29, 0.717) is 42.2 Å². The molecule has 12 heteroatoms. The first-order chi connectivity index (χ1) is 23.6. The van der Waals surface area contributed by atoms with E-state index in [2.05, 4.69) is 102 Å². The molecule has 2 aromatic heterocycles. The highest BCUT2D eigenvalue weighted by Crippen LogP contribution is 2.37. The molecule has 2 heterocycles. The number of hydrogen-bond acceptors (Lipinski definition) is 8. The maximum atomic E-state index is 11.6. The van der Waals surface area contributed by atoms with Crippen molar-refractivity contribution in [1.29, 1.82) is 0 Å². The molecule has 0 radical (unpaired) electrons. The zero-order chi connectivity index (χ0) is 35.0. The van der Waals surface area contributed by atoms with Crippen LogP contribution in [0, 0.1) is 0 Å². The molecule has 11 nitrogen and oxygen atoms in total. The number of benzene rings is 3. The third kappa shape index (κ3) is 7.93. The summed E-state index contributed by atoms with van der Waals surface area (Å²) in [7, 11) is -1.13. The number of aromatic nitrogens is 4. The monoisotopic (exact) mass is 682 g/mol. The fourth-order valence-corrected chi connectivity index (χ4v) is 11.1. The van der Waals surface area contributed by atoms with Gasteiger partial charge >= 0.3 is 6.09 Å². The summed E-state index contributed by atoms with van der Waals surface area (Å²) < 4.78 is 14.6. The Morgan fingerprint density at radius 1 is 0.980 bits per heavy atom. The van der Waals surface area contributed by atoms with Gasteiger partial charge in [0, 0.05) is 18.2 Å². The van der Waals surface area contributed by atoms with Gasteiger partial charge in [0.15, 0.2) is 5.82 Å². The van der Waals surface area contributed by atoms with Crippen LogP contribution in [0.15, 0.2) is 85.1 Å². The molecule has 0 aliphatic carbocycles. The highest BCUT2D eigenvalue weighted by molar-refractivity contribution is 6.99. The topological polar surface area (TPSA) is 144 Å². The lowest BCUT2D eigenvalue weighted by Crippen LogP contribution is -2.66. The van der Waals surface area contributed by atoms with E-state index in [1.807, 2.05) is 30.3 Å². The smallest absolute Gasteiger partial charge is 0.411 e. The molecular formula is C37H46N6O5Si. The van der Waals surface area contributed by atoms with Gasteiger partial charge in [0.05, 0.1) is 26.5 Å². The van der Waals surface area contributed by atoms with Crippen molar-refractivity contribution in [2.45, 2.75) is 71.2 Å². The van der Waals surface area contributed by atoms with Crippen molar-refractivity contribution in [3.8, 4) is 5.75 Å². The van der Waals surface area contributed by atoms with Crippen molar-refractivity contribution in [1.82, 2.24) is 19.7 Å². The Kier molecular flexibility index (Phi) is 11.3. The molecule has 0 saturated carbocycles. The standard InChI is InChI=1S/C37H46N6O5Si/c1-6-13-28(20-21-48-49(37(2,3)4,29-14-9-7-10-15-29)30-16-11-8-12-17-30)39-34-33-31(40-35(41-34)42-36(45)46)23-38-43(33)24-27-22-26(25-44)18-19-32(27)47-5/h7-12,14-19,22-23,28,44H,6,13,20-21,24-25H2,1-5H3,(H,45,46)(H2,39,40,41,42)/t28-/m0/s1. The van der Waals surface area contributed by atoms with Crippen LogP contribution in [-0.2, 0) is 17.6 Å². The number of anilines is 2. The summed E-state index contributed by atoms with van der Waals surface area (Å²) in [5, 5.41) is 32.1. The van der Waals surface area contributed by atoms with Gasteiger partial charge in [-0.05, 0) is 45.9 Å². The second kappa shape index (κ2) is 15.6. The largest absolute Gasteiger partial charge is 0.496 e. The van der Waals surface area contributed by atoms with Gasteiger partial charge in [-0.3, -0.25) is 10.00 Å². The van der Waals surface area contributed by atoms with Crippen LogP contribution >= 0.6 is 0 Å². The predicted molar refractivity (Wildman–Crippen MR) is 195 cm³/mol. The number of rotatable bonds is 15. The summed E-state index contributed by atoms with van der Waals surface area (Å²) >= 11 is 0. The molecule has 0 fully saturated rings. The van der Waals surface area contributed by atoms with Crippen molar-refractivity contribution in [2.75, 3.05) is 24.4 Å². The Hall–Kier alpha value is -4.78. The van der Waals surface area contributed by atoms with E-state index in [0.717, 1.165) is 24.0 Å². The average Bonchev–Trinajstić information content (AvgIpc) is 3.49. The summed E-state index contributed by atoms with van der Waals surface area (Å²) in [6, 6.07) is 26.6. The number of carboxylic acid groups (broad SMARTS) is 1. The molecule has 1 amide bonds. The van der Waals surface area contributed by atoms with Gasteiger partial charge in [0.1, 0.15) is 16.8 Å². The molecule has 1 atom stereocenters. The minimum absolute atomic E-state index is 0.0410. The van der Waals surface area contributed by atoms with Crippen molar-refractivity contribution >= 4 is 47.6 Å². The number of aliphatic hydroxyl groups excluding tert-OH is 1. The lowest BCUT2D eigenvalue weighted by atomic mass is 10.1. The van der Waals surface area contributed by atoms with E-state index >= 15 is 0 Å². The van der Waals surface area contributed by atoms with Crippen molar-refractivity contribution in [3.05, 3.63) is 96.2 Å². The lowest BCUT2D eigenvalue weighted by molar-refractivity contribution is 0.209. The van der Waals surface area contributed by atoms with Gasteiger partial charge in [0.25, 0.3) is 8.32 Å². The third-order valence-electron chi connectivity index (χ3n) is 8.73. The van der Waals surface area contributed by atoms with Crippen molar-refractivity contribution < 1.29 is 24.2 Å². The average molecular weight is 683 g/mol. The molecule has 0 unspecified atom stereocenters. The van der Waals surface area contributed by atoms with Crippen LogP contribution in [0.3, 0.4) is 0 Å². The number of hydrogen-bond donors (Lipinski definition) is 4. The zero-order valence-corrected chi connectivity index (χ0v) is 29.8. The van der Waals surface area contributed by atoms with Gasteiger partial charge < -0.3 is 24.7 Å². The van der Waals surface area contributed by atoms with Crippen molar-refractivity contribution in [3.63, 3.8) is 0 Å². The quantitative estimate of drug-likeness (QED) is 0.0976. The molecule has 258 valence electrons. The van der Waals surface area contributed by atoms with E-state index in [9.17, 15) is 15.0 Å². The summed E-state index contributed by atoms with van der Waals surface area (Å²) in [6.07, 6.45) is 2.77. The lowest BCUT2D eigenvalue weighted by Gasteiger charge is -2.43. The Balaban J connectivity index is 1.49. The number of aliphatic hydroxyl groups is 1. The van der Waals surface area contributed by atoms with Gasteiger partial charge in [-0.15, -0.1) is 0 Å². The first kappa shape index (κ1) is 35.5. The zero-order valence-electron chi connectivity index (χ0n) is 28.8. The highest BCUT2D eigenvalue weighted by Gasteiger charge is 2.50. The van der Waals surface area contributed by atoms with E-state index in [1.165, 1.54) is 10.4 Å². The minimum atomic E-state index is -2.73. The molecule has 0 aliphatic heterocycles. The molecule has 0 spiro atoms. The fourth-order valence-electron chi connectivity index (χ4n) is 6.53. The number of amides is 1. The van der Waals surface area contributed by atoms with Crippen LogP contribution in [-0.4, -0.2) is 64.1 Å². The predicted octanol–water partition coefficient (Wildman–Crippen LogP) is 6.01. The van der Waals surface area contributed by atoms with E-state index in [4.69, 9.17) is 9.16 Å². The van der Waals surface area contributed by atoms with Crippen molar-refractivity contribution in [2.24, 2.45) is 0 Å². The highest BCUT2D eigenvalue weighted by atomic mass is 28.4. The number of carbonyl (C=O) groups is 1. The fraction of sp³-hybridized carbons (Fsp3) is 0.351. The van der Waals surface area contributed by atoms with E-state index < -0.39 is 14.4 Å². The maximum Gasteiger partial charge on any atom is 0.411 e. The molecule has 5 aromatic rings. The van der Waals surface area contributed by atoms with Gasteiger partial charge in [-0.1, -0.05) is 101 Å². The first-order valence-corrected chi connectivity index (χ1v) is 18.5.